The minimum Gasteiger partial charge on any atom is -0.439 e. The van der Waals surface area contributed by atoms with Gasteiger partial charge in [0.1, 0.15) is 5.75 Å². The number of nitrogens with zero attached hydrogens (tertiary/aromatic N) is 2. The standard InChI is InChI=1S/C24H21N3O/c1-4-10-19(11-5-1)16-17-20-18-25-24(26-21-12-6-2-7-13-21)27-23(20)28-22-14-8-3-9-15-22/h1-15,18H,16-17H2,(H,25,26,27). The first-order valence-electron chi connectivity index (χ1n) is 9.32. The number of aryl methyl sites for hydroxylation is 2. The lowest BCUT2D eigenvalue weighted by molar-refractivity contribution is 0.455. The lowest BCUT2D eigenvalue weighted by Crippen LogP contribution is -2.03. The second-order valence-electron chi connectivity index (χ2n) is 6.42. The quantitative estimate of drug-likeness (QED) is 0.448. The van der Waals surface area contributed by atoms with Gasteiger partial charge < -0.3 is 10.1 Å². The van der Waals surface area contributed by atoms with Crippen LogP contribution in [0.3, 0.4) is 0 Å². The van der Waals surface area contributed by atoms with E-state index in [4.69, 9.17) is 4.74 Å². The van der Waals surface area contributed by atoms with Gasteiger partial charge in [0, 0.05) is 17.4 Å². The van der Waals surface area contributed by atoms with Gasteiger partial charge in [-0.25, -0.2) is 4.98 Å². The Balaban J connectivity index is 1.58. The zero-order chi connectivity index (χ0) is 19.0. The maximum Gasteiger partial charge on any atom is 0.230 e. The molecule has 0 amide bonds. The van der Waals surface area contributed by atoms with E-state index in [1.165, 1.54) is 5.56 Å². The van der Waals surface area contributed by atoms with Gasteiger partial charge >= 0.3 is 0 Å². The number of hydrogen-bond donors (Lipinski definition) is 1. The van der Waals surface area contributed by atoms with E-state index in [9.17, 15) is 0 Å². The number of ether oxygens (including phenoxy) is 1. The summed E-state index contributed by atoms with van der Waals surface area (Å²) in [6.07, 6.45) is 3.55. The molecule has 0 unspecified atom stereocenters. The first kappa shape index (κ1) is 17.7. The smallest absolute Gasteiger partial charge is 0.230 e. The highest BCUT2D eigenvalue weighted by Gasteiger charge is 2.11. The van der Waals surface area contributed by atoms with Crippen LogP contribution in [0.25, 0.3) is 0 Å². The van der Waals surface area contributed by atoms with Crippen LogP contribution in [0.1, 0.15) is 11.1 Å². The summed E-state index contributed by atoms with van der Waals surface area (Å²) in [7, 11) is 0. The van der Waals surface area contributed by atoms with Gasteiger partial charge in [-0.05, 0) is 42.7 Å². The third kappa shape index (κ3) is 4.74. The van der Waals surface area contributed by atoms with Crippen molar-refractivity contribution in [2.24, 2.45) is 0 Å². The molecule has 4 heteroatoms. The van der Waals surface area contributed by atoms with Crippen LogP contribution in [0.4, 0.5) is 11.6 Å². The molecule has 4 aromatic rings. The number of hydrogen-bond acceptors (Lipinski definition) is 4. The summed E-state index contributed by atoms with van der Waals surface area (Å²) >= 11 is 0. The molecular weight excluding hydrogens is 346 g/mol. The van der Waals surface area contributed by atoms with E-state index >= 15 is 0 Å². The average molecular weight is 367 g/mol. The zero-order valence-corrected chi connectivity index (χ0v) is 15.5. The number of nitrogens with one attached hydrogen (secondary N) is 1. The summed E-state index contributed by atoms with van der Waals surface area (Å²) in [4.78, 5) is 9.12. The highest BCUT2D eigenvalue weighted by atomic mass is 16.5. The topological polar surface area (TPSA) is 47.0 Å². The van der Waals surface area contributed by atoms with Gasteiger partial charge in [0.05, 0.1) is 0 Å². The molecule has 4 rings (SSSR count). The number of aromatic nitrogens is 2. The Kier molecular flexibility index (Phi) is 5.59. The first-order valence-corrected chi connectivity index (χ1v) is 9.32. The molecule has 0 atom stereocenters. The molecule has 0 saturated carbocycles. The molecule has 4 nitrogen and oxygen atoms in total. The van der Waals surface area contributed by atoms with E-state index in [0.29, 0.717) is 11.8 Å². The number of anilines is 2. The first-order chi connectivity index (χ1) is 13.9. The predicted molar refractivity (Wildman–Crippen MR) is 112 cm³/mol. The highest BCUT2D eigenvalue weighted by molar-refractivity contribution is 5.53. The van der Waals surface area contributed by atoms with Crippen LogP contribution in [0, 0.1) is 0 Å². The molecule has 3 aromatic carbocycles. The second-order valence-corrected chi connectivity index (χ2v) is 6.42. The van der Waals surface area contributed by atoms with Crippen molar-refractivity contribution in [1.82, 2.24) is 9.97 Å². The summed E-state index contributed by atoms with van der Waals surface area (Å²) in [5.74, 6) is 1.85. The Morgan fingerprint density at radius 1 is 0.714 bits per heavy atom. The van der Waals surface area contributed by atoms with Crippen LogP contribution < -0.4 is 10.1 Å². The van der Waals surface area contributed by atoms with Crippen molar-refractivity contribution in [2.45, 2.75) is 12.8 Å². The van der Waals surface area contributed by atoms with Gasteiger partial charge in [-0.1, -0.05) is 66.7 Å². The van der Waals surface area contributed by atoms with E-state index in [1.807, 2.05) is 72.9 Å². The predicted octanol–water partition coefficient (Wildman–Crippen LogP) is 5.80. The molecule has 1 aromatic heterocycles. The largest absolute Gasteiger partial charge is 0.439 e. The van der Waals surface area contributed by atoms with Gasteiger partial charge in [0.25, 0.3) is 0 Å². The summed E-state index contributed by atoms with van der Waals surface area (Å²) in [5.41, 5.74) is 3.19. The fourth-order valence-corrected chi connectivity index (χ4v) is 2.89. The van der Waals surface area contributed by atoms with Gasteiger partial charge in [0.2, 0.25) is 11.8 Å². The van der Waals surface area contributed by atoms with Crippen molar-refractivity contribution < 1.29 is 4.74 Å². The molecule has 0 bridgehead atoms. The molecular formula is C24H21N3O. The molecule has 0 aliphatic heterocycles. The zero-order valence-electron chi connectivity index (χ0n) is 15.5. The minimum atomic E-state index is 0.514. The lowest BCUT2D eigenvalue weighted by atomic mass is 10.1. The molecule has 28 heavy (non-hydrogen) atoms. The second kappa shape index (κ2) is 8.82. The molecule has 0 saturated heterocycles. The van der Waals surface area contributed by atoms with Crippen LogP contribution in [-0.4, -0.2) is 9.97 Å². The molecule has 0 aliphatic carbocycles. The Labute approximate surface area is 164 Å². The number of benzene rings is 3. The molecule has 0 spiro atoms. The van der Waals surface area contributed by atoms with Gasteiger partial charge in [0.15, 0.2) is 0 Å². The average Bonchev–Trinajstić information content (AvgIpc) is 2.75. The van der Waals surface area contributed by atoms with Crippen molar-refractivity contribution in [3.05, 3.63) is 108 Å². The van der Waals surface area contributed by atoms with Gasteiger partial charge in [-0.15, -0.1) is 0 Å². The number of para-hydroxylation sites is 2. The maximum atomic E-state index is 6.09. The van der Waals surface area contributed by atoms with Gasteiger partial charge in [-0.2, -0.15) is 4.98 Å². The lowest BCUT2D eigenvalue weighted by Gasteiger charge is -2.12. The van der Waals surface area contributed by atoms with E-state index in [-0.39, 0.29) is 0 Å². The third-order valence-corrected chi connectivity index (χ3v) is 4.34. The molecule has 1 heterocycles. The molecule has 0 fully saturated rings. The SMILES string of the molecule is c1ccc(CCc2cnc(Nc3ccccc3)nc2Oc2ccccc2)cc1. The van der Waals surface area contributed by atoms with Crippen molar-refractivity contribution >= 4 is 11.6 Å². The Morgan fingerprint density at radius 2 is 1.36 bits per heavy atom. The van der Waals surface area contributed by atoms with Crippen LogP contribution >= 0.6 is 0 Å². The molecule has 0 radical (unpaired) electrons. The summed E-state index contributed by atoms with van der Waals surface area (Å²) in [5, 5.41) is 3.23. The number of rotatable bonds is 7. The summed E-state index contributed by atoms with van der Waals surface area (Å²) < 4.78 is 6.09. The van der Waals surface area contributed by atoms with E-state index in [0.717, 1.165) is 29.8 Å². The minimum absolute atomic E-state index is 0.514. The normalized spacial score (nSPS) is 10.4. The Bertz CT molecular complexity index is 1010. The Hall–Kier alpha value is -3.66. The van der Waals surface area contributed by atoms with Crippen molar-refractivity contribution in [1.29, 1.82) is 0 Å². The van der Waals surface area contributed by atoms with E-state index in [2.05, 4.69) is 39.6 Å². The fourth-order valence-electron chi connectivity index (χ4n) is 2.89. The molecule has 0 aliphatic rings. The summed E-state index contributed by atoms with van der Waals surface area (Å²) in [6.45, 7) is 0. The van der Waals surface area contributed by atoms with Gasteiger partial charge in [-0.3, -0.25) is 0 Å². The third-order valence-electron chi connectivity index (χ3n) is 4.34. The van der Waals surface area contributed by atoms with Crippen LogP contribution in [0.5, 0.6) is 11.6 Å². The molecule has 1 N–H and O–H groups in total. The maximum absolute atomic E-state index is 6.09. The molecule has 138 valence electrons. The fraction of sp³-hybridized carbons (Fsp3) is 0.0833. The van der Waals surface area contributed by atoms with E-state index in [1.54, 1.807) is 0 Å². The monoisotopic (exact) mass is 367 g/mol. The Morgan fingerprint density at radius 3 is 2.07 bits per heavy atom. The van der Waals surface area contributed by atoms with Crippen molar-refractivity contribution in [3.63, 3.8) is 0 Å². The summed E-state index contributed by atoms with van der Waals surface area (Å²) in [6, 6.07) is 30.0. The van der Waals surface area contributed by atoms with Crippen LogP contribution in [0.2, 0.25) is 0 Å². The van der Waals surface area contributed by atoms with Crippen LogP contribution in [0.15, 0.2) is 97.2 Å². The van der Waals surface area contributed by atoms with Crippen molar-refractivity contribution in [3.8, 4) is 11.6 Å². The van der Waals surface area contributed by atoms with E-state index < -0.39 is 0 Å². The van der Waals surface area contributed by atoms with Crippen LogP contribution in [-0.2, 0) is 12.8 Å². The van der Waals surface area contributed by atoms with Crippen molar-refractivity contribution in [2.75, 3.05) is 5.32 Å². The highest BCUT2D eigenvalue weighted by Crippen LogP contribution is 2.26.